The van der Waals surface area contributed by atoms with E-state index < -0.39 is 0 Å². The van der Waals surface area contributed by atoms with Crippen LogP contribution in [0.2, 0.25) is 0 Å². The minimum atomic E-state index is 0.236. The quantitative estimate of drug-likeness (QED) is 0.779. The van der Waals surface area contributed by atoms with E-state index in [0.29, 0.717) is 6.04 Å². The molecule has 14 heavy (non-hydrogen) atoms. The monoisotopic (exact) mass is 259 g/mol. The molecular formula is C10H18BrN3. The van der Waals surface area contributed by atoms with E-state index in [-0.39, 0.29) is 5.41 Å². The van der Waals surface area contributed by atoms with Crippen molar-refractivity contribution in [2.75, 3.05) is 5.33 Å². The molecule has 0 saturated heterocycles. The van der Waals surface area contributed by atoms with E-state index in [9.17, 15) is 0 Å². The van der Waals surface area contributed by atoms with Gasteiger partial charge in [0.2, 0.25) is 0 Å². The largest absolute Gasteiger partial charge is 0.248 e. The van der Waals surface area contributed by atoms with E-state index >= 15 is 0 Å². The number of hydrogen-bond donors (Lipinski definition) is 0. The Morgan fingerprint density at radius 1 is 1.50 bits per heavy atom. The lowest BCUT2D eigenvalue weighted by Crippen LogP contribution is -2.20. The van der Waals surface area contributed by atoms with Gasteiger partial charge in [0.1, 0.15) is 12.2 Å². The van der Waals surface area contributed by atoms with Gasteiger partial charge in [-0.25, -0.2) is 9.67 Å². The van der Waals surface area contributed by atoms with Crippen LogP contribution in [0.4, 0.5) is 0 Å². The molecule has 0 saturated carbocycles. The van der Waals surface area contributed by atoms with Crippen LogP contribution >= 0.6 is 15.9 Å². The average molecular weight is 260 g/mol. The molecule has 4 heteroatoms. The summed E-state index contributed by atoms with van der Waals surface area (Å²) in [7, 11) is 0. The lowest BCUT2D eigenvalue weighted by atomic mass is 9.92. The molecule has 0 atom stereocenters. The molecule has 0 bridgehead atoms. The van der Waals surface area contributed by atoms with E-state index in [4.69, 9.17) is 0 Å². The Morgan fingerprint density at radius 3 is 2.64 bits per heavy atom. The molecule has 0 spiro atoms. The van der Waals surface area contributed by atoms with Crippen molar-refractivity contribution in [3.63, 3.8) is 0 Å². The second-order valence-corrected chi connectivity index (χ2v) is 5.25. The van der Waals surface area contributed by atoms with E-state index in [1.807, 2.05) is 4.68 Å². The van der Waals surface area contributed by atoms with Crippen molar-refractivity contribution in [1.29, 1.82) is 0 Å². The highest BCUT2D eigenvalue weighted by atomic mass is 79.9. The first kappa shape index (κ1) is 11.7. The number of hydrogen-bond acceptors (Lipinski definition) is 2. The summed E-state index contributed by atoms with van der Waals surface area (Å²) in [6, 6.07) is 0.388. The molecule has 0 aliphatic rings. The summed E-state index contributed by atoms with van der Waals surface area (Å²) < 4.78 is 1.99. The fraction of sp³-hybridized carbons (Fsp3) is 0.800. The third kappa shape index (κ3) is 2.80. The zero-order valence-corrected chi connectivity index (χ0v) is 10.9. The number of aromatic nitrogens is 3. The summed E-state index contributed by atoms with van der Waals surface area (Å²) in [4.78, 5) is 4.30. The number of alkyl halides is 1. The molecule has 1 aromatic rings. The van der Waals surface area contributed by atoms with Gasteiger partial charge in [0.25, 0.3) is 0 Å². The second kappa shape index (κ2) is 4.43. The molecule has 1 rings (SSSR count). The fourth-order valence-corrected chi connectivity index (χ4v) is 1.51. The number of nitrogens with zero attached hydrogens (tertiary/aromatic N) is 3. The first-order chi connectivity index (χ1) is 6.46. The number of halogens is 1. The summed E-state index contributed by atoms with van der Waals surface area (Å²) in [6.07, 6.45) is 2.59. The van der Waals surface area contributed by atoms with Gasteiger partial charge in [-0.05, 0) is 19.3 Å². The molecule has 0 unspecified atom stereocenters. The minimum absolute atomic E-state index is 0.236. The van der Waals surface area contributed by atoms with Gasteiger partial charge < -0.3 is 0 Å². The molecule has 0 N–H and O–H groups in total. The van der Waals surface area contributed by atoms with Crippen molar-refractivity contribution in [2.45, 2.75) is 40.2 Å². The summed E-state index contributed by atoms with van der Waals surface area (Å²) >= 11 is 3.52. The van der Waals surface area contributed by atoms with Gasteiger partial charge in [0.15, 0.2) is 0 Å². The van der Waals surface area contributed by atoms with Gasteiger partial charge >= 0.3 is 0 Å². The van der Waals surface area contributed by atoms with E-state index in [1.165, 1.54) is 0 Å². The molecule has 0 radical (unpaired) electrons. The standard InChI is InChI=1S/C10H18BrN3/c1-8(2)14-9(12-7-13-14)5-10(3,4)6-11/h7-8H,5-6H2,1-4H3. The average Bonchev–Trinajstić information content (AvgIpc) is 2.51. The van der Waals surface area contributed by atoms with Crippen LogP contribution in [-0.4, -0.2) is 20.1 Å². The van der Waals surface area contributed by atoms with Gasteiger partial charge in [-0.3, -0.25) is 0 Å². The smallest absolute Gasteiger partial charge is 0.138 e. The summed E-state index contributed by atoms with van der Waals surface area (Å²) in [5.41, 5.74) is 0.236. The molecule has 0 aromatic carbocycles. The normalized spacial score (nSPS) is 12.4. The zero-order chi connectivity index (χ0) is 10.8. The molecule has 0 aliphatic heterocycles. The maximum atomic E-state index is 4.30. The van der Waals surface area contributed by atoms with Crippen LogP contribution in [0, 0.1) is 5.41 Å². The van der Waals surface area contributed by atoms with Crippen LogP contribution < -0.4 is 0 Å². The molecular weight excluding hydrogens is 242 g/mol. The summed E-state index contributed by atoms with van der Waals surface area (Å²) in [6.45, 7) is 8.70. The molecule has 3 nitrogen and oxygen atoms in total. The van der Waals surface area contributed by atoms with Crippen molar-refractivity contribution in [3.05, 3.63) is 12.2 Å². The maximum absolute atomic E-state index is 4.30. The SMILES string of the molecule is CC(C)n1ncnc1CC(C)(C)CBr. The van der Waals surface area contributed by atoms with Crippen LogP contribution in [-0.2, 0) is 6.42 Å². The van der Waals surface area contributed by atoms with Gasteiger partial charge in [-0.15, -0.1) is 0 Å². The highest BCUT2D eigenvalue weighted by molar-refractivity contribution is 9.09. The topological polar surface area (TPSA) is 30.7 Å². The Bertz CT molecular complexity index is 291. The summed E-state index contributed by atoms with van der Waals surface area (Å²) in [5.74, 6) is 1.07. The Morgan fingerprint density at radius 2 is 2.14 bits per heavy atom. The first-order valence-electron chi connectivity index (χ1n) is 4.90. The zero-order valence-electron chi connectivity index (χ0n) is 9.29. The Labute approximate surface area is 94.0 Å². The lowest BCUT2D eigenvalue weighted by Gasteiger charge is -2.21. The van der Waals surface area contributed by atoms with Crippen LogP contribution in [0.1, 0.15) is 39.6 Å². The Balaban J connectivity index is 2.81. The van der Waals surface area contributed by atoms with Gasteiger partial charge in [0.05, 0.1) is 0 Å². The van der Waals surface area contributed by atoms with Crippen LogP contribution in [0.25, 0.3) is 0 Å². The predicted octanol–water partition coefficient (Wildman–Crippen LogP) is 2.82. The third-order valence-electron chi connectivity index (χ3n) is 2.13. The summed E-state index contributed by atoms with van der Waals surface area (Å²) in [5, 5.41) is 5.20. The van der Waals surface area contributed by atoms with Crippen molar-refractivity contribution in [1.82, 2.24) is 14.8 Å². The molecule has 80 valence electrons. The van der Waals surface area contributed by atoms with Crippen LogP contribution in [0.15, 0.2) is 6.33 Å². The Hall–Kier alpha value is -0.380. The van der Waals surface area contributed by atoms with Crippen LogP contribution in [0.5, 0.6) is 0 Å². The molecule has 1 heterocycles. The van der Waals surface area contributed by atoms with E-state index in [2.05, 4.69) is 53.7 Å². The third-order valence-corrected chi connectivity index (χ3v) is 3.65. The van der Waals surface area contributed by atoms with Gasteiger partial charge in [0, 0.05) is 17.8 Å². The fourth-order valence-electron chi connectivity index (χ4n) is 1.31. The van der Waals surface area contributed by atoms with Gasteiger partial charge in [-0.2, -0.15) is 5.10 Å². The minimum Gasteiger partial charge on any atom is -0.248 e. The van der Waals surface area contributed by atoms with Crippen molar-refractivity contribution >= 4 is 15.9 Å². The predicted molar refractivity (Wildman–Crippen MR) is 61.7 cm³/mol. The number of rotatable bonds is 4. The van der Waals surface area contributed by atoms with Crippen molar-refractivity contribution in [2.24, 2.45) is 5.41 Å². The lowest BCUT2D eigenvalue weighted by molar-refractivity contribution is 0.388. The van der Waals surface area contributed by atoms with Gasteiger partial charge in [-0.1, -0.05) is 29.8 Å². The van der Waals surface area contributed by atoms with Crippen LogP contribution in [0.3, 0.4) is 0 Å². The second-order valence-electron chi connectivity index (χ2n) is 4.69. The first-order valence-corrected chi connectivity index (χ1v) is 6.03. The molecule has 1 aromatic heterocycles. The van der Waals surface area contributed by atoms with Crippen molar-refractivity contribution in [3.8, 4) is 0 Å². The maximum Gasteiger partial charge on any atom is 0.138 e. The van der Waals surface area contributed by atoms with E-state index in [0.717, 1.165) is 17.6 Å². The molecule has 0 aliphatic carbocycles. The highest BCUT2D eigenvalue weighted by Crippen LogP contribution is 2.23. The molecule has 0 fully saturated rings. The Kier molecular flexibility index (Phi) is 3.70. The van der Waals surface area contributed by atoms with Crippen molar-refractivity contribution < 1.29 is 0 Å². The molecule has 0 amide bonds. The van der Waals surface area contributed by atoms with E-state index in [1.54, 1.807) is 6.33 Å². The highest BCUT2D eigenvalue weighted by Gasteiger charge is 2.20.